The van der Waals surface area contributed by atoms with Gasteiger partial charge in [0.1, 0.15) is 17.4 Å². The minimum atomic E-state index is -0.147. The van der Waals surface area contributed by atoms with Gasteiger partial charge in [-0.25, -0.2) is 0 Å². The second-order valence-electron chi connectivity index (χ2n) is 8.98. The van der Waals surface area contributed by atoms with Gasteiger partial charge in [0.25, 0.3) is 0 Å². The first-order chi connectivity index (χ1) is 17.4. The van der Waals surface area contributed by atoms with Gasteiger partial charge < -0.3 is 8.94 Å². The largest absolute Gasteiger partial charge is 0.426 e. The van der Waals surface area contributed by atoms with Crippen LogP contribution in [0.5, 0.6) is 0 Å². The molecule has 0 saturated carbocycles. The molecular formula is C27H23ClN6O2. The van der Waals surface area contributed by atoms with Crippen molar-refractivity contribution in [1.82, 2.24) is 30.1 Å². The molecule has 1 atom stereocenters. The third-order valence-corrected chi connectivity index (χ3v) is 6.77. The van der Waals surface area contributed by atoms with Gasteiger partial charge in [0.2, 0.25) is 11.8 Å². The Morgan fingerprint density at radius 2 is 1.69 bits per heavy atom. The highest BCUT2D eigenvalue weighted by Crippen LogP contribution is 2.41. The lowest BCUT2D eigenvalue weighted by atomic mass is 9.90. The average molecular weight is 499 g/mol. The molecule has 0 amide bonds. The summed E-state index contributed by atoms with van der Waals surface area (Å²) in [7, 11) is 0. The van der Waals surface area contributed by atoms with E-state index >= 15 is 0 Å². The van der Waals surface area contributed by atoms with Crippen LogP contribution in [0, 0.1) is 27.7 Å². The summed E-state index contributed by atoms with van der Waals surface area (Å²) in [6.07, 6.45) is 2.71. The lowest BCUT2D eigenvalue weighted by molar-refractivity contribution is 0.393. The molecular weight excluding hydrogens is 476 g/mol. The molecule has 9 heteroatoms. The number of halogens is 1. The monoisotopic (exact) mass is 498 g/mol. The van der Waals surface area contributed by atoms with Crippen LogP contribution in [0.2, 0.25) is 5.02 Å². The van der Waals surface area contributed by atoms with E-state index < -0.39 is 0 Å². The van der Waals surface area contributed by atoms with Crippen molar-refractivity contribution in [3.63, 3.8) is 0 Å². The highest BCUT2D eigenvalue weighted by atomic mass is 35.5. The van der Waals surface area contributed by atoms with E-state index in [2.05, 4.69) is 54.4 Å². The molecule has 1 unspecified atom stereocenters. The smallest absolute Gasteiger partial charge is 0.217 e. The molecule has 1 aliphatic heterocycles. The molecule has 4 heterocycles. The molecule has 180 valence electrons. The predicted molar refractivity (Wildman–Crippen MR) is 135 cm³/mol. The maximum Gasteiger partial charge on any atom is 0.217 e. The summed E-state index contributed by atoms with van der Waals surface area (Å²) in [5, 5.41) is 22.1. The lowest BCUT2D eigenvalue weighted by Crippen LogP contribution is -2.09. The Bertz CT molecular complexity index is 1610. The molecule has 0 aliphatic carbocycles. The van der Waals surface area contributed by atoms with E-state index in [9.17, 15) is 0 Å². The molecule has 1 aliphatic rings. The van der Waals surface area contributed by atoms with Crippen LogP contribution in [0.4, 0.5) is 0 Å². The molecule has 3 aromatic heterocycles. The maximum atomic E-state index is 6.24. The Labute approximate surface area is 212 Å². The van der Waals surface area contributed by atoms with Gasteiger partial charge in [-0.3, -0.25) is 4.57 Å². The maximum absolute atomic E-state index is 6.24. The van der Waals surface area contributed by atoms with Crippen LogP contribution in [0.1, 0.15) is 51.9 Å². The zero-order valence-corrected chi connectivity index (χ0v) is 21.0. The molecule has 0 bridgehead atoms. The highest BCUT2D eigenvalue weighted by Gasteiger charge is 2.29. The van der Waals surface area contributed by atoms with Crippen molar-refractivity contribution in [2.24, 2.45) is 0 Å². The summed E-state index contributed by atoms with van der Waals surface area (Å²) in [6.45, 7) is 7.64. The first-order valence-corrected chi connectivity index (χ1v) is 12.0. The van der Waals surface area contributed by atoms with Crippen LogP contribution in [0.3, 0.4) is 0 Å². The molecule has 0 fully saturated rings. The zero-order chi connectivity index (χ0) is 25.0. The minimum Gasteiger partial charge on any atom is -0.426 e. The molecule has 6 rings (SSSR count). The second kappa shape index (κ2) is 8.57. The molecule has 0 N–H and O–H groups in total. The third kappa shape index (κ3) is 3.74. The van der Waals surface area contributed by atoms with Crippen molar-refractivity contribution in [3.8, 4) is 16.8 Å². The molecule has 0 spiro atoms. The number of hydrogen-bond acceptors (Lipinski definition) is 7. The Kier molecular flexibility index (Phi) is 5.34. The van der Waals surface area contributed by atoms with Crippen LogP contribution in [0.15, 0.2) is 57.5 Å². The number of aryl methyl sites for hydroxylation is 4. The Hall–Kier alpha value is -4.04. The average Bonchev–Trinajstić information content (AvgIpc) is 3.52. The predicted octanol–water partition coefficient (Wildman–Crippen LogP) is 5.96. The number of allylic oxidation sites excluding steroid dienone is 1. The number of aromatic nitrogens is 6. The van der Waals surface area contributed by atoms with Gasteiger partial charge in [-0.05, 0) is 61.7 Å². The zero-order valence-electron chi connectivity index (χ0n) is 20.3. The lowest BCUT2D eigenvalue weighted by Gasteiger charge is -2.16. The number of benzene rings is 2. The highest BCUT2D eigenvalue weighted by molar-refractivity contribution is 6.30. The van der Waals surface area contributed by atoms with Crippen molar-refractivity contribution in [2.75, 3.05) is 0 Å². The summed E-state index contributed by atoms with van der Waals surface area (Å²) in [6, 6.07) is 14.3. The van der Waals surface area contributed by atoms with E-state index in [4.69, 9.17) is 20.5 Å². The summed E-state index contributed by atoms with van der Waals surface area (Å²) < 4.78 is 13.3. The first kappa shape index (κ1) is 22.4. The van der Waals surface area contributed by atoms with Crippen LogP contribution in [0.25, 0.3) is 22.4 Å². The van der Waals surface area contributed by atoms with Gasteiger partial charge in [-0.2, -0.15) is 0 Å². The minimum absolute atomic E-state index is 0.147. The van der Waals surface area contributed by atoms with E-state index in [0.717, 1.165) is 56.6 Å². The van der Waals surface area contributed by atoms with Gasteiger partial charge in [0.15, 0.2) is 0 Å². The third-order valence-electron chi connectivity index (χ3n) is 6.52. The van der Waals surface area contributed by atoms with Crippen LogP contribution in [-0.4, -0.2) is 30.1 Å². The van der Waals surface area contributed by atoms with Crippen LogP contribution >= 0.6 is 11.6 Å². The summed E-state index contributed by atoms with van der Waals surface area (Å²) in [5.74, 6) is 3.34. The number of fused-ring (bicyclic) bond motifs is 3. The summed E-state index contributed by atoms with van der Waals surface area (Å²) in [5.41, 5.74) is 7.01. The summed E-state index contributed by atoms with van der Waals surface area (Å²) in [4.78, 5) is 0. The molecule has 8 nitrogen and oxygen atoms in total. The molecule has 0 saturated heterocycles. The molecule has 5 aromatic rings. The first-order valence-electron chi connectivity index (χ1n) is 11.7. The van der Waals surface area contributed by atoms with Crippen LogP contribution in [-0.2, 0) is 6.42 Å². The van der Waals surface area contributed by atoms with E-state index in [1.807, 2.05) is 45.0 Å². The fourth-order valence-electron chi connectivity index (χ4n) is 4.92. The second-order valence-corrected chi connectivity index (χ2v) is 9.42. The van der Waals surface area contributed by atoms with Gasteiger partial charge in [-0.1, -0.05) is 41.0 Å². The number of rotatable bonds is 4. The van der Waals surface area contributed by atoms with Crippen LogP contribution < -0.4 is 0 Å². The van der Waals surface area contributed by atoms with Gasteiger partial charge >= 0.3 is 0 Å². The Balaban J connectivity index is 1.61. The van der Waals surface area contributed by atoms with Crippen molar-refractivity contribution in [1.29, 1.82) is 0 Å². The molecule has 0 radical (unpaired) electrons. The number of nitrogens with zero attached hydrogens (tertiary/aromatic N) is 6. The normalized spacial score (nSPS) is 14.8. The Morgan fingerprint density at radius 1 is 0.917 bits per heavy atom. The van der Waals surface area contributed by atoms with Crippen molar-refractivity contribution in [3.05, 3.63) is 99.6 Å². The van der Waals surface area contributed by atoms with E-state index in [1.54, 1.807) is 6.92 Å². The van der Waals surface area contributed by atoms with Crippen molar-refractivity contribution < 1.29 is 8.94 Å². The number of hydrogen-bond donors (Lipinski definition) is 0. The fourth-order valence-corrected chi connectivity index (χ4v) is 5.04. The standard InChI is InChI=1S/C27H23ClN6O2/c1-14-26(15(2)36-33-14)19-7-10-24-23(11-19)22(18-5-8-21(28)9-6-18)12-20(13-25-31-30-17(4)35-25)27-32-29-16(3)34(24)27/h5-12,20H,13H2,1-4H3. The van der Waals surface area contributed by atoms with Gasteiger partial charge in [-0.15, -0.1) is 20.4 Å². The van der Waals surface area contributed by atoms with Gasteiger partial charge in [0.05, 0.1) is 11.4 Å². The van der Waals surface area contributed by atoms with E-state index in [0.29, 0.717) is 23.2 Å². The van der Waals surface area contributed by atoms with E-state index in [1.165, 1.54) is 0 Å². The van der Waals surface area contributed by atoms with Crippen molar-refractivity contribution in [2.45, 2.75) is 40.0 Å². The quantitative estimate of drug-likeness (QED) is 0.301. The van der Waals surface area contributed by atoms with Crippen molar-refractivity contribution >= 4 is 17.2 Å². The fraction of sp³-hybridized carbons (Fsp3) is 0.222. The van der Waals surface area contributed by atoms with E-state index in [-0.39, 0.29) is 5.92 Å². The Morgan fingerprint density at radius 3 is 2.39 bits per heavy atom. The molecule has 2 aromatic carbocycles. The summed E-state index contributed by atoms with van der Waals surface area (Å²) >= 11 is 6.24. The topological polar surface area (TPSA) is 95.7 Å². The molecule has 36 heavy (non-hydrogen) atoms. The SMILES string of the molecule is Cc1nnc(CC2C=C(c3ccc(Cl)cc3)c3cc(-c4c(C)noc4C)ccc3-n3c(C)nnc32)o1. The van der Waals surface area contributed by atoms with Gasteiger partial charge in [0, 0.05) is 35.4 Å².